The summed E-state index contributed by atoms with van der Waals surface area (Å²) in [5.74, 6) is 0. The maximum Gasteiger partial charge on any atom is 2.00 e. The molecule has 0 bridgehead atoms. The molecule has 0 fully saturated rings. The monoisotopic (exact) mass is 345 g/mol. The topological polar surface area (TPSA) is 6.48 Å². The molecule has 2 nitrogen and oxygen atoms in total. The Bertz CT molecular complexity index is 141. The minimum atomic E-state index is -0.861. The van der Waals surface area contributed by atoms with Crippen molar-refractivity contribution in [2.24, 2.45) is 0 Å². The van der Waals surface area contributed by atoms with Crippen LogP contribution < -0.4 is 0 Å². The van der Waals surface area contributed by atoms with Crippen LogP contribution in [0.25, 0.3) is 0 Å². The maximum absolute atomic E-state index is 3.91. The molecule has 0 spiro atoms. The SMILES string of the molecule is CN(C)CCN(C)C.[CH2-][Si](C)(C)C.[CH2-][Si](C)(C)C.[Mn+2]. The van der Waals surface area contributed by atoms with E-state index >= 15 is 0 Å². The molecule has 0 aliphatic heterocycles. The largest absolute Gasteiger partial charge is 2.00 e. The number of nitrogens with zero attached hydrogens (tertiary/aromatic N) is 2. The fourth-order valence-corrected chi connectivity index (χ4v) is 0.400. The third-order valence-electron chi connectivity index (χ3n) is 0.994. The molecule has 119 valence electrons. The van der Waals surface area contributed by atoms with Crippen LogP contribution in [-0.4, -0.2) is 67.2 Å². The first-order chi connectivity index (χ1) is 7.63. The fourth-order valence-electron chi connectivity index (χ4n) is 0.400. The van der Waals surface area contributed by atoms with Gasteiger partial charge in [0.1, 0.15) is 0 Å². The van der Waals surface area contributed by atoms with Crippen LogP contribution in [0.5, 0.6) is 0 Å². The Morgan fingerprint density at radius 3 is 0.789 bits per heavy atom. The van der Waals surface area contributed by atoms with Crippen LogP contribution in [0.2, 0.25) is 39.3 Å². The van der Waals surface area contributed by atoms with Gasteiger partial charge in [-0.15, -0.1) is 16.1 Å². The van der Waals surface area contributed by atoms with E-state index in [0.717, 1.165) is 13.1 Å². The third-order valence-corrected chi connectivity index (χ3v) is 0.994. The third kappa shape index (κ3) is 156. The summed E-state index contributed by atoms with van der Waals surface area (Å²) in [5.41, 5.74) is 0. The van der Waals surface area contributed by atoms with Crippen molar-refractivity contribution in [2.75, 3.05) is 41.3 Å². The van der Waals surface area contributed by atoms with Crippen LogP contribution in [0.1, 0.15) is 0 Å². The van der Waals surface area contributed by atoms with Crippen molar-refractivity contribution in [1.29, 1.82) is 0 Å². The minimum absolute atomic E-state index is 0. The summed E-state index contributed by atoms with van der Waals surface area (Å²) < 4.78 is 0. The first kappa shape index (κ1) is 28.1. The molecule has 0 unspecified atom stereocenters. The second-order valence-corrected chi connectivity index (χ2v) is 18.0. The van der Waals surface area contributed by atoms with E-state index in [0.29, 0.717) is 0 Å². The smallest absolute Gasteiger partial charge is 0.342 e. The van der Waals surface area contributed by atoms with Gasteiger partial charge >= 0.3 is 17.1 Å². The first-order valence-electron chi connectivity index (χ1n) is 6.63. The van der Waals surface area contributed by atoms with Crippen LogP contribution >= 0.6 is 0 Å². The molecule has 0 aromatic heterocycles. The van der Waals surface area contributed by atoms with Gasteiger partial charge in [-0.05, 0) is 28.2 Å². The first-order valence-corrected chi connectivity index (χ1v) is 14.0. The van der Waals surface area contributed by atoms with E-state index in [4.69, 9.17) is 0 Å². The summed E-state index contributed by atoms with van der Waals surface area (Å²) in [5, 5.41) is 0. The molecule has 0 N–H and O–H groups in total. The van der Waals surface area contributed by atoms with Gasteiger partial charge in [-0.1, -0.05) is 39.3 Å². The second-order valence-electron chi connectivity index (χ2n) is 7.73. The van der Waals surface area contributed by atoms with Crippen molar-refractivity contribution in [1.82, 2.24) is 9.80 Å². The Morgan fingerprint density at radius 2 is 0.737 bits per heavy atom. The van der Waals surface area contributed by atoms with E-state index in [1.54, 1.807) is 0 Å². The summed E-state index contributed by atoms with van der Waals surface area (Å²) >= 11 is 0. The summed E-state index contributed by atoms with van der Waals surface area (Å²) in [6, 6.07) is 0. The molecule has 0 aromatic carbocycles. The predicted octanol–water partition coefficient (Wildman–Crippen LogP) is 3.50. The van der Waals surface area contributed by atoms with Gasteiger partial charge in [-0.25, -0.2) is 0 Å². The standard InChI is InChI=1S/C6H16N2.2C4H11Si.Mn/c1-7(2)5-6-8(3)4;2*1-5(2,3)4;/h5-6H2,1-4H3;2*1H2,2-4H3;/q;2*-1;+2. The van der Waals surface area contributed by atoms with Crippen LogP contribution in [0.4, 0.5) is 0 Å². The molecule has 0 aromatic rings. The van der Waals surface area contributed by atoms with Gasteiger partial charge in [-0.2, -0.15) is 0 Å². The van der Waals surface area contributed by atoms with Crippen LogP contribution in [0.3, 0.4) is 0 Å². The zero-order chi connectivity index (χ0) is 15.6. The predicted molar refractivity (Wildman–Crippen MR) is 94.5 cm³/mol. The van der Waals surface area contributed by atoms with Gasteiger partial charge in [0.15, 0.2) is 0 Å². The Hall–Kier alpha value is 0.873. The maximum atomic E-state index is 3.91. The minimum Gasteiger partial charge on any atom is -0.342 e. The van der Waals surface area contributed by atoms with Gasteiger partial charge < -0.3 is 22.9 Å². The molecule has 1 radical (unpaired) electrons. The summed E-state index contributed by atoms with van der Waals surface area (Å²) in [4.78, 5) is 4.36. The Morgan fingerprint density at radius 1 is 0.632 bits per heavy atom. The van der Waals surface area contributed by atoms with Crippen LogP contribution in [0.15, 0.2) is 0 Å². The molecule has 19 heavy (non-hydrogen) atoms. The van der Waals surface area contributed by atoms with Gasteiger partial charge in [0.2, 0.25) is 0 Å². The normalized spacial score (nSPS) is 11.1. The number of hydrogen-bond acceptors (Lipinski definition) is 2. The molecule has 5 heteroatoms. The van der Waals surface area contributed by atoms with Crippen molar-refractivity contribution in [3.8, 4) is 0 Å². The second kappa shape index (κ2) is 13.8. The summed E-state index contributed by atoms with van der Waals surface area (Å²) in [6.45, 7) is 23.4. The zero-order valence-electron chi connectivity index (χ0n) is 15.1. The van der Waals surface area contributed by atoms with Crippen molar-refractivity contribution in [3.05, 3.63) is 13.1 Å². The fraction of sp³-hybridized carbons (Fsp3) is 0.857. The molecule has 0 aliphatic carbocycles. The van der Waals surface area contributed by atoms with E-state index in [1.807, 2.05) is 0 Å². The van der Waals surface area contributed by atoms with Gasteiger partial charge in [-0.3, -0.25) is 0 Å². The zero-order valence-corrected chi connectivity index (χ0v) is 18.3. The van der Waals surface area contributed by atoms with Crippen LogP contribution in [0, 0.1) is 13.1 Å². The molecule has 0 amide bonds. The summed E-state index contributed by atoms with van der Waals surface area (Å²) in [7, 11) is 6.62. The van der Waals surface area contributed by atoms with E-state index < -0.39 is 16.1 Å². The molecular weight excluding hydrogens is 307 g/mol. The Kier molecular flexibility index (Phi) is 20.5. The van der Waals surface area contributed by atoms with Crippen molar-refractivity contribution in [2.45, 2.75) is 39.3 Å². The molecule has 0 atom stereocenters. The molecule has 0 rings (SSSR count). The van der Waals surface area contributed by atoms with Gasteiger partial charge in [0, 0.05) is 13.1 Å². The summed E-state index contributed by atoms with van der Waals surface area (Å²) in [6.07, 6.45) is 0. The number of rotatable bonds is 3. The van der Waals surface area contributed by atoms with E-state index in [-0.39, 0.29) is 17.1 Å². The van der Waals surface area contributed by atoms with Crippen molar-refractivity contribution in [3.63, 3.8) is 0 Å². The Labute approximate surface area is 136 Å². The quantitative estimate of drug-likeness (QED) is 0.570. The average Bonchev–Trinajstić information content (AvgIpc) is 1.93. The molecule has 0 saturated heterocycles. The van der Waals surface area contributed by atoms with Gasteiger partial charge in [0.25, 0.3) is 0 Å². The van der Waals surface area contributed by atoms with Crippen molar-refractivity contribution < 1.29 is 17.1 Å². The van der Waals surface area contributed by atoms with E-state index in [1.165, 1.54) is 0 Å². The van der Waals surface area contributed by atoms with E-state index in [9.17, 15) is 0 Å². The molecular formula is C14H38MnN2Si2. The van der Waals surface area contributed by atoms with Gasteiger partial charge in [0.05, 0.1) is 0 Å². The molecule has 0 heterocycles. The number of hydrogen-bond donors (Lipinski definition) is 0. The Balaban J connectivity index is -0.0000000906. The molecule has 0 aliphatic rings. The number of likely N-dealkylation sites (N-methyl/N-ethyl adjacent to an activating group) is 2. The molecule has 0 saturated carbocycles. The van der Waals surface area contributed by atoms with Crippen molar-refractivity contribution >= 4 is 16.1 Å². The average molecular weight is 346 g/mol. The van der Waals surface area contributed by atoms with Crippen LogP contribution in [-0.2, 0) is 17.1 Å². The van der Waals surface area contributed by atoms with E-state index in [2.05, 4.69) is 90.4 Å².